The second-order valence-electron chi connectivity index (χ2n) is 7.31. The fraction of sp³-hybridized carbons (Fsp3) is 0.500. The van der Waals surface area contributed by atoms with Crippen molar-refractivity contribution in [3.05, 3.63) is 29.6 Å². The molecule has 9 heteroatoms. The van der Waals surface area contributed by atoms with Crippen molar-refractivity contribution in [1.82, 2.24) is 30.0 Å². The summed E-state index contributed by atoms with van der Waals surface area (Å²) >= 11 is 0. The maximum atomic E-state index is 5.53. The quantitative estimate of drug-likeness (QED) is 0.559. The minimum Gasteiger partial charge on any atom is -0.380 e. The molecule has 29 heavy (non-hydrogen) atoms. The Balaban J connectivity index is 1.75. The van der Waals surface area contributed by atoms with Crippen molar-refractivity contribution >= 4 is 28.6 Å². The van der Waals surface area contributed by atoms with Crippen LogP contribution in [0.25, 0.3) is 11.0 Å². The Morgan fingerprint density at radius 2 is 2.07 bits per heavy atom. The van der Waals surface area contributed by atoms with Gasteiger partial charge in [-0.05, 0) is 45.5 Å². The van der Waals surface area contributed by atoms with Crippen molar-refractivity contribution < 1.29 is 4.74 Å². The van der Waals surface area contributed by atoms with E-state index in [1.165, 1.54) is 0 Å². The van der Waals surface area contributed by atoms with Crippen molar-refractivity contribution in [1.29, 1.82) is 0 Å². The SMILES string of the molecule is CCOCCn1nc(C)c2nc(N3CC(NC)C3)nc(Nc3cc(C)ccn3)c21. The lowest BCUT2D eigenvalue weighted by molar-refractivity contribution is 0.137. The molecular formula is C20H28N8O. The Kier molecular flexibility index (Phi) is 5.59. The van der Waals surface area contributed by atoms with Gasteiger partial charge in [0.1, 0.15) is 16.9 Å². The molecule has 4 rings (SSSR count). The zero-order valence-corrected chi connectivity index (χ0v) is 17.4. The maximum Gasteiger partial charge on any atom is 0.228 e. The van der Waals surface area contributed by atoms with E-state index in [0.29, 0.717) is 37.6 Å². The molecular weight excluding hydrogens is 368 g/mol. The van der Waals surface area contributed by atoms with Crippen LogP contribution in [0.3, 0.4) is 0 Å². The summed E-state index contributed by atoms with van der Waals surface area (Å²) in [5, 5.41) is 11.4. The minimum absolute atomic E-state index is 0.471. The van der Waals surface area contributed by atoms with Gasteiger partial charge in [0.15, 0.2) is 5.82 Å². The van der Waals surface area contributed by atoms with Crippen LogP contribution in [0, 0.1) is 13.8 Å². The second kappa shape index (κ2) is 8.30. The van der Waals surface area contributed by atoms with Crippen LogP contribution >= 0.6 is 0 Å². The van der Waals surface area contributed by atoms with E-state index in [9.17, 15) is 0 Å². The molecule has 1 fully saturated rings. The van der Waals surface area contributed by atoms with E-state index in [-0.39, 0.29) is 0 Å². The Hall–Kier alpha value is -2.78. The van der Waals surface area contributed by atoms with Gasteiger partial charge in [-0.2, -0.15) is 10.1 Å². The number of anilines is 3. The number of aryl methyl sites for hydroxylation is 2. The number of rotatable bonds is 8. The molecule has 4 heterocycles. The molecule has 0 saturated carbocycles. The van der Waals surface area contributed by atoms with E-state index in [2.05, 4.69) is 20.5 Å². The molecule has 0 amide bonds. The van der Waals surface area contributed by atoms with Crippen LogP contribution < -0.4 is 15.5 Å². The Morgan fingerprint density at radius 1 is 1.24 bits per heavy atom. The number of nitrogens with one attached hydrogen (secondary N) is 2. The van der Waals surface area contributed by atoms with E-state index in [0.717, 1.165) is 41.2 Å². The van der Waals surface area contributed by atoms with Gasteiger partial charge in [-0.25, -0.2) is 9.97 Å². The van der Waals surface area contributed by atoms with Gasteiger partial charge in [-0.15, -0.1) is 0 Å². The molecule has 0 bridgehead atoms. The highest BCUT2D eigenvalue weighted by Crippen LogP contribution is 2.29. The van der Waals surface area contributed by atoms with Gasteiger partial charge >= 0.3 is 0 Å². The lowest BCUT2D eigenvalue weighted by Gasteiger charge is -2.39. The van der Waals surface area contributed by atoms with E-state index in [1.807, 2.05) is 44.6 Å². The van der Waals surface area contributed by atoms with Crippen LogP contribution in [0.15, 0.2) is 18.3 Å². The average molecular weight is 396 g/mol. The number of hydrogen-bond acceptors (Lipinski definition) is 8. The van der Waals surface area contributed by atoms with Crippen molar-refractivity contribution in [2.75, 3.05) is 43.6 Å². The second-order valence-corrected chi connectivity index (χ2v) is 7.31. The fourth-order valence-corrected chi connectivity index (χ4v) is 3.45. The first-order valence-electron chi connectivity index (χ1n) is 10.0. The number of pyridine rings is 1. The summed E-state index contributed by atoms with van der Waals surface area (Å²) in [4.78, 5) is 16.3. The molecule has 0 spiro atoms. The molecule has 0 radical (unpaired) electrons. The molecule has 3 aromatic heterocycles. The summed E-state index contributed by atoms with van der Waals surface area (Å²) in [7, 11) is 1.98. The summed E-state index contributed by atoms with van der Waals surface area (Å²) in [6.07, 6.45) is 1.79. The van der Waals surface area contributed by atoms with Crippen LogP contribution in [0.5, 0.6) is 0 Å². The summed E-state index contributed by atoms with van der Waals surface area (Å²) in [5.41, 5.74) is 3.74. The molecule has 9 nitrogen and oxygen atoms in total. The number of ether oxygens (including phenoxy) is 1. The van der Waals surface area contributed by atoms with Crippen LogP contribution in [0.2, 0.25) is 0 Å². The van der Waals surface area contributed by atoms with E-state index in [1.54, 1.807) is 6.20 Å². The summed E-state index contributed by atoms with van der Waals surface area (Å²) < 4.78 is 7.46. The van der Waals surface area contributed by atoms with E-state index >= 15 is 0 Å². The van der Waals surface area contributed by atoms with Crippen molar-refractivity contribution in [3.63, 3.8) is 0 Å². The predicted octanol–water partition coefficient (Wildman–Crippen LogP) is 2.03. The van der Waals surface area contributed by atoms with Crippen LogP contribution in [-0.4, -0.2) is 64.1 Å². The number of fused-ring (bicyclic) bond motifs is 1. The predicted molar refractivity (Wildman–Crippen MR) is 114 cm³/mol. The molecule has 0 aliphatic carbocycles. The molecule has 3 aromatic rings. The van der Waals surface area contributed by atoms with Crippen LogP contribution in [-0.2, 0) is 11.3 Å². The highest BCUT2D eigenvalue weighted by Gasteiger charge is 2.29. The molecule has 154 valence electrons. The highest BCUT2D eigenvalue weighted by atomic mass is 16.5. The number of hydrogen-bond donors (Lipinski definition) is 2. The average Bonchev–Trinajstić information content (AvgIpc) is 2.97. The summed E-state index contributed by atoms with van der Waals surface area (Å²) in [5.74, 6) is 2.18. The molecule has 1 saturated heterocycles. The smallest absolute Gasteiger partial charge is 0.228 e. The molecule has 2 N–H and O–H groups in total. The van der Waals surface area contributed by atoms with Gasteiger partial charge < -0.3 is 20.3 Å². The first-order valence-corrected chi connectivity index (χ1v) is 10.0. The normalized spacial score (nSPS) is 14.4. The van der Waals surface area contributed by atoms with Gasteiger partial charge in [-0.1, -0.05) is 0 Å². The third-order valence-electron chi connectivity index (χ3n) is 5.13. The van der Waals surface area contributed by atoms with Crippen LogP contribution in [0.1, 0.15) is 18.2 Å². The van der Waals surface area contributed by atoms with Gasteiger partial charge in [0, 0.05) is 31.9 Å². The molecule has 0 aromatic carbocycles. The number of nitrogens with zero attached hydrogens (tertiary/aromatic N) is 6. The third kappa shape index (κ3) is 4.01. The monoisotopic (exact) mass is 396 g/mol. The summed E-state index contributed by atoms with van der Waals surface area (Å²) in [6.45, 7) is 9.71. The first-order chi connectivity index (χ1) is 14.1. The first kappa shape index (κ1) is 19.5. The van der Waals surface area contributed by atoms with Gasteiger partial charge in [0.2, 0.25) is 5.95 Å². The van der Waals surface area contributed by atoms with Gasteiger partial charge in [0.25, 0.3) is 0 Å². The largest absolute Gasteiger partial charge is 0.380 e. The molecule has 1 aliphatic rings. The van der Waals surface area contributed by atoms with Crippen molar-refractivity contribution in [2.45, 2.75) is 33.4 Å². The zero-order chi connectivity index (χ0) is 20.4. The number of likely N-dealkylation sites (N-methyl/N-ethyl adjacent to an activating group) is 1. The van der Waals surface area contributed by atoms with Gasteiger partial charge in [0.05, 0.1) is 18.8 Å². The molecule has 0 unspecified atom stereocenters. The Morgan fingerprint density at radius 3 is 2.79 bits per heavy atom. The maximum absolute atomic E-state index is 5.53. The van der Waals surface area contributed by atoms with Crippen LogP contribution in [0.4, 0.5) is 17.6 Å². The lowest BCUT2D eigenvalue weighted by Crippen LogP contribution is -2.57. The topological polar surface area (TPSA) is 93.0 Å². The molecule has 0 atom stereocenters. The summed E-state index contributed by atoms with van der Waals surface area (Å²) in [6, 6.07) is 4.45. The van der Waals surface area contributed by atoms with Crippen molar-refractivity contribution in [3.8, 4) is 0 Å². The zero-order valence-electron chi connectivity index (χ0n) is 17.4. The highest BCUT2D eigenvalue weighted by molar-refractivity contribution is 5.90. The van der Waals surface area contributed by atoms with E-state index < -0.39 is 0 Å². The Labute approximate surface area is 170 Å². The van der Waals surface area contributed by atoms with Crippen molar-refractivity contribution in [2.24, 2.45) is 0 Å². The standard InChI is InChI=1S/C20H28N8O/c1-5-29-9-8-28-18-17(14(3)26-28)24-20(27-11-15(12-27)21-4)25-19(18)23-16-10-13(2)6-7-22-16/h6-7,10,15,21H,5,8-9,11-12H2,1-4H3,(H,22,23,24,25). The fourth-order valence-electron chi connectivity index (χ4n) is 3.45. The lowest BCUT2D eigenvalue weighted by atomic mass is 10.1. The molecule has 1 aliphatic heterocycles. The minimum atomic E-state index is 0.471. The number of aromatic nitrogens is 5. The van der Waals surface area contributed by atoms with E-state index in [4.69, 9.17) is 19.8 Å². The van der Waals surface area contributed by atoms with Gasteiger partial charge in [-0.3, -0.25) is 4.68 Å². The Bertz CT molecular complexity index is 996. The third-order valence-corrected chi connectivity index (χ3v) is 5.13.